The fraction of sp³-hybridized carbons (Fsp3) is 0.571. The molecule has 0 radical (unpaired) electrons. The number of hydrogen-bond donors (Lipinski definition) is 3. The molecule has 0 bridgehead atoms. The fourth-order valence-corrected chi connectivity index (χ4v) is 2.70. The van der Waals surface area contributed by atoms with Crippen LogP contribution < -0.4 is 11.1 Å². The Bertz CT molecular complexity index is 423. The van der Waals surface area contributed by atoms with Gasteiger partial charge in [-0.05, 0) is 37.5 Å². The van der Waals surface area contributed by atoms with Gasteiger partial charge >= 0.3 is 0 Å². The first-order valence-corrected chi connectivity index (χ1v) is 6.96. The lowest BCUT2D eigenvalue weighted by Gasteiger charge is -2.25. The number of hydrogen-bond acceptors (Lipinski definition) is 3. The summed E-state index contributed by atoms with van der Waals surface area (Å²) < 4.78 is 0. The van der Waals surface area contributed by atoms with E-state index in [9.17, 15) is 5.11 Å². The van der Waals surface area contributed by atoms with E-state index in [0.29, 0.717) is 10.7 Å². The van der Waals surface area contributed by atoms with Gasteiger partial charge in [0.1, 0.15) is 0 Å². The van der Waals surface area contributed by atoms with Crippen LogP contribution in [0.25, 0.3) is 0 Å². The molecule has 4 N–H and O–H groups in total. The van der Waals surface area contributed by atoms with Gasteiger partial charge in [0.2, 0.25) is 0 Å². The molecular weight excluding hydrogens is 248 g/mol. The van der Waals surface area contributed by atoms with Crippen molar-refractivity contribution in [2.24, 2.45) is 0 Å². The van der Waals surface area contributed by atoms with Crippen LogP contribution in [0.3, 0.4) is 0 Å². The molecule has 18 heavy (non-hydrogen) atoms. The molecule has 0 amide bonds. The van der Waals surface area contributed by atoms with E-state index < -0.39 is 0 Å². The SMILES string of the molecule is Cc1c(Cl)ccc(N)c1NC1CCCCCC1O. The van der Waals surface area contributed by atoms with E-state index in [0.717, 1.165) is 36.9 Å². The molecule has 2 atom stereocenters. The summed E-state index contributed by atoms with van der Waals surface area (Å²) in [4.78, 5) is 0. The summed E-state index contributed by atoms with van der Waals surface area (Å²) in [6.45, 7) is 1.95. The van der Waals surface area contributed by atoms with Crippen molar-refractivity contribution in [3.8, 4) is 0 Å². The van der Waals surface area contributed by atoms with Gasteiger partial charge in [-0.2, -0.15) is 0 Å². The Hall–Kier alpha value is -0.930. The van der Waals surface area contributed by atoms with Gasteiger partial charge in [-0.1, -0.05) is 30.9 Å². The number of aliphatic hydroxyl groups is 1. The number of anilines is 2. The Morgan fingerprint density at radius 1 is 1.28 bits per heavy atom. The largest absolute Gasteiger partial charge is 0.397 e. The van der Waals surface area contributed by atoms with E-state index in [1.807, 2.05) is 6.92 Å². The maximum absolute atomic E-state index is 10.1. The predicted molar refractivity (Wildman–Crippen MR) is 77.1 cm³/mol. The summed E-state index contributed by atoms with van der Waals surface area (Å²) >= 11 is 6.11. The lowest BCUT2D eigenvalue weighted by atomic mass is 10.0. The van der Waals surface area contributed by atoms with Gasteiger partial charge in [0.15, 0.2) is 0 Å². The Labute approximate surface area is 113 Å². The molecule has 2 unspecified atom stereocenters. The highest BCUT2D eigenvalue weighted by atomic mass is 35.5. The minimum atomic E-state index is -0.301. The lowest BCUT2D eigenvalue weighted by molar-refractivity contribution is 0.144. The maximum atomic E-state index is 10.1. The molecule has 2 rings (SSSR count). The smallest absolute Gasteiger partial charge is 0.0741 e. The third-order valence-electron chi connectivity index (χ3n) is 3.74. The molecule has 3 nitrogen and oxygen atoms in total. The molecule has 0 heterocycles. The molecule has 100 valence electrons. The Morgan fingerprint density at radius 2 is 2.00 bits per heavy atom. The number of halogens is 1. The maximum Gasteiger partial charge on any atom is 0.0741 e. The van der Waals surface area contributed by atoms with Crippen LogP contribution in [0.1, 0.15) is 37.7 Å². The van der Waals surface area contributed by atoms with Crippen LogP contribution in [0.2, 0.25) is 5.02 Å². The third-order valence-corrected chi connectivity index (χ3v) is 4.15. The molecule has 1 aliphatic rings. The number of benzene rings is 1. The van der Waals surface area contributed by atoms with Gasteiger partial charge in [-0.3, -0.25) is 0 Å². The Balaban J connectivity index is 2.19. The molecule has 0 saturated heterocycles. The molecule has 4 heteroatoms. The topological polar surface area (TPSA) is 58.3 Å². The van der Waals surface area contributed by atoms with E-state index in [4.69, 9.17) is 17.3 Å². The first-order chi connectivity index (χ1) is 8.59. The van der Waals surface area contributed by atoms with Crippen LogP contribution >= 0.6 is 11.6 Å². The quantitative estimate of drug-likeness (QED) is 0.570. The third kappa shape index (κ3) is 2.90. The van der Waals surface area contributed by atoms with Crippen molar-refractivity contribution in [3.05, 3.63) is 22.7 Å². The van der Waals surface area contributed by atoms with Gasteiger partial charge in [0.25, 0.3) is 0 Å². The average Bonchev–Trinajstić information content (AvgIpc) is 2.55. The van der Waals surface area contributed by atoms with Crippen LogP contribution in [-0.4, -0.2) is 17.3 Å². The average molecular weight is 269 g/mol. The summed E-state index contributed by atoms with van der Waals surface area (Å²) in [6.07, 6.45) is 4.98. The Morgan fingerprint density at radius 3 is 2.78 bits per heavy atom. The second-order valence-corrected chi connectivity index (χ2v) is 5.50. The van der Waals surface area contributed by atoms with E-state index in [-0.39, 0.29) is 12.1 Å². The zero-order valence-electron chi connectivity index (χ0n) is 10.7. The highest BCUT2D eigenvalue weighted by Crippen LogP contribution is 2.31. The van der Waals surface area contributed by atoms with Gasteiger partial charge in [0.05, 0.1) is 23.5 Å². The summed E-state index contributed by atoms with van der Waals surface area (Å²) in [6, 6.07) is 3.69. The van der Waals surface area contributed by atoms with Crippen LogP contribution in [0.15, 0.2) is 12.1 Å². The number of nitrogens with one attached hydrogen (secondary N) is 1. The molecule has 1 fully saturated rings. The summed E-state index contributed by atoms with van der Waals surface area (Å²) in [5.74, 6) is 0. The molecule has 1 aromatic carbocycles. The van der Waals surface area contributed by atoms with Crippen molar-refractivity contribution in [1.82, 2.24) is 0 Å². The van der Waals surface area contributed by atoms with Crippen molar-refractivity contribution in [1.29, 1.82) is 0 Å². The first-order valence-electron chi connectivity index (χ1n) is 6.59. The molecule has 1 aliphatic carbocycles. The highest BCUT2D eigenvalue weighted by molar-refractivity contribution is 6.31. The van der Waals surface area contributed by atoms with Crippen molar-refractivity contribution in [2.75, 3.05) is 11.1 Å². The molecule has 1 saturated carbocycles. The molecule has 0 aromatic heterocycles. The first kappa shape index (κ1) is 13.5. The Kier molecular flexibility index (Phi) is 4.36. The molecule has 0 spiro atoms. The van der Waals surface area contributed by atoms with Crippen molar-refractivity contribution < 1.29 is 5.11 Å². The van der Waals surface area contributed by atoms with E-state index in [1.54, 1.807) is 12.1 Å². The number of nitrogen functional groups attached to an aromatic ring is 1. The fourth-order valence-electron chi connectivity index (χ4n) is 2.54. The number of aliphatic hydroxyl groups excluding tert-OH is 1. The number of rotatable bonds is 2. The van der Waals surface area contributed by atoms with Crippen molar-refractivity contribution in [3.63, 3.8) is 0 Å². The molecule has 0 aliphatic heterocycles. The lowest BCUT2D eigenvalue weighted by Crippen LogP contribution is -2.33. The zero-order chi connectivity index (χ0) is 13.1. The minimum Gasteiger partial charge on any atom is -0.397 e. The second kappa shape index (κ2) is 5.81. The van der Waals surface area contributed by atoms with E-state index >= 15 is 0 Å². The van der Waals surface area contributed by atoms with Gasteiger partial charge in [0, 0.05) is 5.02 Å². The molecular formula is C14H21ClN2O. The van der Waals surface area contributed by atoms with Gasteiger partial charge < -0.3 is 16.2 Å². The zero-order valence-corrected chi connectivity index (χ0v) is 11.5. The standard InChI is InChI=1S/C14H21ClN2O/c1-9-10(15)7-8-11(16)14(9)17-12-5-3-2-4-6-13(12)18/h7-8,12-13,17-18H,2-6,16H2,1H3. The van der Waals surface area contributed by atoms with Crippen LogP contribution in [0.5, 0.6) is 0 Å². The van der Waals surface area contributed by atoms with Crippen molar-refractivity contribution in [2.45, 2.75) is 51.2 Å². The van der Waals surface area contributed by atoms with Gasteiger partial charge in [-0.25, -0.2) is 0 Å². The van der Waals surface area contributed by atoms with Crippen molar-refractivity contribution >= 4 is 23.0 Å². The van der Waals surface area contributed by atoms with Gasteiger partial charge in [-0.15, -0.1) is 0 Å². The van der Waals surface area contributed by atoms with Crippen LogP contribution in [0.4, 0.5) is 11.4 Å². The second-order valence-electron chi connectivity index (χ2n) is 5.09. The van der Waals surface area contributed by atoms with E-state index in [2.05, 4.69) is 5.32 Å². The monoisotopic (exact) mass is 268 g/mol. The molecule has 1 aromatic rings. The van der Waals surface area contributed by atoms with Crippen LogP contribution in [0, 0.1) is 6.92 Å². The van der Waals surface area contributed by atoms with E-state index in [1.165, 1.54) is 6.42 Å². The summed E-state index contributed by atoms with van der Waals surface area (Å²) in [7, 11) is 0. The number of nitrogens with two attached hydrogens (primary N) is 1. The highest BCUT2D eigenvalue weighted by Gasteiger charge is 2.22. The summed E-state index contributed by atoms with van der Waals surface area (Å²) in [5.41, 5.74) is 8.50. The normalized spacial score (nSPS) is 24.6. The predicted octanol–water partition coefficient (Wildman–Crippen LogP) is 3.34. The van der Waals surface area contributed by atoms with Crippen LogP contribution in [-0.2, 0) is 0 Å². The summed E-state index contributed by atoms with van der Waals surface area (Å²) in [5, 5.41) is 14.2. The minimum absolute atomic E-state index is 0.0759.